The molecule has 20 heavy (non-hydrogen) atoms. The molecule has 114 valence electrons. The molecule has 7 heteroatoms. The number of sulfone groups is 1. The summed E-state index contributed by atoms with van der Waals surface area (Å²) in [6.07, 6.45) is 1.39. The predicted octanol–water partition coefficient (Wildman–Crippen LogP) is 2.24. The first-order chi connectivity index (χ1) is 9.24. The van der Waals surface area contributed by atoms with E-state index in [0.717, 1.165) is 24.0 Å². The fraction of sp³-hybridized carbons (Fsp3) is 0.846. The molecular formula is C13H23N3O2S2. The van der Waals surface area contributed by atoms with Gasteiger partial charge in [-0.3, -0.25) is 0 Å². The van der Waals surface area contributed by atoms with E-state index < -0.39 is 9.84 Å². The summed E-state index contributed by atoms with van der Waals surface area (Å²) in [6, 6.07) is 0. The summed E-state index contributed by atoms with van der Waals surface area (Å²) in [6.45, 7) is 9.52. The number of aromatic nitrogens is 2. The van der Waals surface area contributed by atoms with Crippen LogP contribution < -0.4 is 4.90 Å². The molecule has 0 amide bonds. The third kappa shape index (κ3) is 3.31. The first-order valence-corrected chi connectivity index (χ1v) is 9.53. The molecule has 1 aliphatic heterocycles. The lowest BCUT2D eigenvalue weighted by molar-refractivity contribution is 0.527. The van der Waals surface area contributed by atoms with Gasteiger partial charge >= 0.3 is 0 Å². The Morgan fingerprint density at radius 1 is 1.30 bits per heavy atom. The zero-order valence-electron chi connectivity index (χ0n) is 12.6. The van der Waals surface area contributed by atoms with Crippen molar-refractivity contribution in [1.82, 2.24) is 9.36 Å². The van der Waals surface area contributed by atoms with Gasteiger partial charge in [-0.2, -0.15) is 4.37 Å². The lowest BCUT2D eigenvalue weighted by atomic mass is 9.96. The molecule has 0 spiro atoms. The summed E-state index contributed by atoms with van der Waals surface area (Å²) in [7, 11) is -2.90. The van der Waals surface area contributed by atoms with Crippen LogP contribution in [0.4, 0.5) is 5.13 Å². The van der Waals surface area contributed by atoms with Crippen LogP contribution in [0.1, 0.15) is 46.4 Å². The topological polar surface area (TPSA) is 63.2 Å². The molecule has 0 unspecified atom stereocenters. The average Bonchev–Trinajstić information content (AvgIpc) is 2.88. The van der Waals surface area contributed by atoms with Gasteiger partial charge in [0.15, 0.2) is 9.84 Å². The van der Waals surface area contributed by atoms with Gasteiger partial charge in [0.2, 0.25) is 5.13 Å². The van der Waals surface area contributed by atoms with Gasteiger partial charge in [0.25, 0.3) is 0 Å². The second kappa shape index (κ2) is 5.60. The number of piperidine rings is 1. The first kappa shape index (κ1) is 15.7. The summed E-state index contributed by atoms with van der Waals surface area (Å²) in [5.74, 6) is 1.10. The van der Waals surface area contributed by atoms with Gasteiger partial charge in [0, 0.05) is 35.8 Å². The van der Waals surface area contributed by atoms with Crippen LogP contribution in [0.5, 0.6) is 0 Å². The zero-order valence-corrected chi connectivity index (χ0v) is 14.2. The molecule has 2 rings (SSSR count). The van der Waals surface area contributed by atoms with Gasteiger partial charge in [-0.1, -0.05) is 27.7 Å². The molecule has 0 N–H and O–H groups in total. The summed E-state index contributed by atoms with van der Waals surface area (Å²) >= 11 is 1.41. The fourth-order valence-corrected chi connectivity index (χ4v) is 4.60. The first-order valence-electron chi connectivity index (χ1n) is 7.04. The quantitative estimate of drug-likeness (QED) is 0.855. The maximum atomic E-state index is 11.9. The fourth-order valence-electron chi connectivity index (χ4n) is 2.29. The maximum Gasteiger partial charge on any atom is 0.205 e. The van der Waals surface area contributed by atoms with E-state index in [1.807, 2.05) is 0 Å². The Labute approximate surface area is 125 Å². The minimum absolute atomic E-state index is 0.0430. The molecule has 2 heterocycles. The Balaban J connectivity index is 2.03. The van der Waals surface area contributed by atoms with Crippen LogP contribution in [-0.2, 0) is 15.3 Å². The molecule has 1 saturated heterocycles. The van der Waals surface area contributed by atoms with Crippen molar-refractivity contribution in [1.29, 1.82) is 0 Å². The van der Waals surface area contributed by atoms with Crippen LogP contribution in [0.2, 0.25) is 0 Å². The smallest absolute Gasteiger partial charge is 0.205 e. The lowest BCUT2D eigenvalue weighted by Crippen LogP contribution is -2.39. The highest BCUT2D eigenvalue weighted by atomic mass is 32.2. The normalized spacial score (nSPS) is 18.5. The number of rotatable bonds is 3. The van der Waals surface area contributed by atoms with Crippen LogP contribution in [0.25, 0.3) is 0 Å². The van der Waals surface area contributed by atoms with Crippen molar-refractivity contribution in [2.75, 3.05) is 23.7 Å². The lowest BCUT2D eigenvalue weighted by Gasteiger charge is -2.31. The molecule has 0 atom stereocenters. The SMILES string of the molecule is CCS(=O)(=O)C1CCN(c2nc(C(C)(C)C)ns2)CC1. The third-order valence-electron chi connectivity index (χ3n) is 3.71. The van der Waals surface area contributed by atoms with E-state index in [1.54, 1.807) is 6.92 Å². The van der Waals surface area contributed by atoms with Crippen LogP contribution in [-0.4, -0.2) is 41.9 Å². The zero-order chi connectivity index (χ0) is 15.0. The third-order valence-corrected chi connectivity index (χ3v) is 6.78. The summed E-state index contributed by atoms with van der Waals surface area (Å²) in [4.78, 5) is 6.76. The van der Waals surface area contributed by atoms with Gasteiger partial charge in [-0.15, -0.1) is 0 Å². The minimum Gasteiger partial charge on any atom is -0.347 e. The monoisotopic (exact) mass is 317 g/mol. The van der Waals surface area contributed by atoms with Gasteiger partial charge in [0.1, 0.15) is 5.82 Å². The highest BCUT2D eigenvalue weighted by molar-refractivity contribution is 7.92. The molecular weight excluding hydrogens is 294 g/mol. The van der Waals surface area contributed by atoms with Crippen molar-refractivity contribution in [2.24, 2.45) is 0 Å². The van der Waals surface area contributed by atoms with E-state index in [4.69, 9.17) is 0 Å². The summed E-state index contributed by atoms with van der Waals surface area (Å²) in [5.41, 5.74) is -0.0430. The van der Waals surface area contributed by atoms with E-state index in [9.17, 15) is 8.42 Å². The second-order valence-corrected chi connectivity index (χ2v) is 9.59. The molecule has 5 nitrogen and oxygen atoms in total. The van der Waals surface area contributed by atoms with Crippen molar-refractivity contribution in [3.63, 3.8) is 0 Å². The Kier molecular flexibility index (Phi) is 4.39. The number of nitrogens with zero attached hydrogens (tertiary/aromatic N) is 3. The standard InChI is InChI=1S/C13H23N3O2S2/c1-5-20(17,18)10-6-8-16(9-7-10)12-14-11(15-19-12)13(2,3)4/h10H,5-9H2,1-4H3. The van der Waals surface area contributed by atoms with E-state index >= 15 is 0 Å². The molecule has 0 bridgehead atoms. The number of hydrogen-bond donors (Lipinski definition) is 0. The van der Waals surface area contributed by atoms with E-state index in [-0.39, 0.29) is 16.4 Å². The molecule has 0 saturated carbocycles. The van der Waals surface area contributed by atoms with Gasteiger partial charge in [-0.25, -0.2) is 13.4 Å². The minimum atomic E-state index is -2.90. The molecule has 1 aromatic heterocycles. The Bertz CT molecular complexity index is 552. The Hall–Kier alpha value is -0.690. The van der Waals surface area contributed by atoms with E-state index in [1.165, 1.54) is 11.5 Å². The van der Waals surface area contributed by atoms with Crippen molar-refractivity contribution in [3.8, 4) is 0 Å². The van der Waals surface area contributed by atoms with Gasteiger partial charge < -0.3 is 4.90 Å². The highest BCUT2D eigenvalue weighted by Crippen LogP contribution is 2.28. The highest BCUT2D eigenvalue weighted by Gasteiger charge is 2.30. The van der Waals surface area contributed by atoms with Gasteiger partial charge in [-0.05, 0) is 12.8 Å². The van der Waals surface area contributed by atoms with Crippen molar-refractivity contribution in [3.05, 3.63) is 5.82 Å². The molecule has 0 aliphatic carbocycles. The van der Waals surface area contributed by atoms with Crippen molar-refractivity contribution < 1.29 is 8.42 Å². The number of hydrogen-bond acceptors (Lipinski definition) is 6. The molecule has 0 radical (unpaired) electrons. The molecule has 0 aromatic carbocycles. The largest absolute Gasteiger partial charge is 0.347 e. The Morgan fingerprint density at radius 3 is 2.35 bits per heavy atom. The van der Waals surface area contributed by atoms with E-state index in [2.05, 4.69) is 35.0 Å². The summed E-state index contributed by atoms with van der Waals surface area (Å²) in [5, 5.41) is 0.737. The maximum absolute atomic E-state index is 11.9. The molecule has 1 aromatic rings. The van der Waals surface area contributed by atoms with Crippen LogP contribution in [0, 0.1) is 0 Å². The van der Waals surface area contributed by atoms with E-state index in [0.29, 0.717) is 12.8 Å². The van der Waals surface area contributed by atoms with Crippen LogP contribution in [0.3, 0.4) is 0 Å². The Morgan fingerprint density at radius 2 is 1.90 bits per heavy atom. The van der Waals surface area contributed by atoms with Crippen LogP contribution in [0.15, 0.2) is 0 Å². The molecule has 1 fully saturated rings. The number of anilines is 1. The van der Waals surface area contributed by atoms with Crippen molar-refractivity contribution >= 4 is 26.5 Å². The second-order valence-electron chi connectivity index (χ2n) is 6.29. The molecule has 1 aliphatic rings. The van der Waals surface area contributed by atoms with Crippen LogP contribution >= 0.6 is 11.5 Å². The summed E-state index contributed by atoms with van der Waals surface area (Å²) < 4.78 is 28.2. The van der Waals surface area contributed by atoms with Gasteiger partial charge in [0.05, 0.1) is 5.25 Å². The average molecular weight is 317 g/mol. The predicted molar refractivity (Wildman–Crippen MR) is 83.3 cm³/mol. The van der Waals surface area contributed by atoms with Crippen molar-refractivity contribution in [2.45, 2.75) is 51.2 Å².